The molecular weight excluding hydrogens is 231 g/mol. The predicted molar refractivity (Wildman–Crippen MR) is 62.0 cm³/mol. The lowest BCUT2D eigenvalue weighted by atomic mass is 10.2. The number of nitrogens with one attached hydrogen (secondary N) is 1. The summed E-state index contributed by atoms with van der Waals surface area (Å²) in [6, 6.07) is 0. The second-order valence-electron chi connectivity index (χ2n) is 3.86. The Morgan fingerprint density at radius 3 is 2.76 bits per heavy atom. The van der Waals surface area contributed by atoms with Gasteiger partial charge in [-0.25, -0.2) is 0 Å². The van der Waals surface area contributed by atoms with E-state index in [1.807, 2.05) is 13.0 Å². The largest absolute Gasteiger partial charge is 0.449 e. The zero-order chi connectivity index (χ0) is 12.9. The van der Waals surface area contributed by atoms with Gasteiger partial charge in [-0.1, -0.05) is 19.4 Å². The molecule has 1 aliphatic heterocycles. The van der Waals surface area contributed by atoms with Crippen LogP contribution in [0.15, 0.2) is 16.8 Å². The van der Waals surface area contributed by atoms with Crippen LogP contribution in [-0.2, 0) is 0 Å². The van der Waals surface area contributed by atoms with E-state index >= 15 is 0 Å². The predicted octanol–water partition coefficient (Wildman–Crippen LogP) is 2.17. The Kier molecular flexibility index (Phi) is 4.99. The number of allylic oxidation sites excluding steroid dienone is 1. The van der Waals surface area contributed by atoms with Gasteiger partial charge in [-0.3, -0.25) is 4.99 Å². The number of rotatable bonds is 2. The monoisotopic (exact) mass is 249 g/mol. The van der Waals surface area contributed by atoms with Crippen molar-refractivity contribution < 1.29 is 13.2 Å². The molecule has 1 aliphatic rings. The summed E-state index contributed by atoms with van der Waals surface area (Å²) in [6.45, 7) is 3.31. The van der Waals surface area contributed by atoms with Gasteiger partial charge in [0, 0.05) is 32.4 Å². The highest BCUT2D eigenvalue weighted by atomic mass is 19.4. The van der Waals surface area contributed by atoms with E-state index in [1.165, 1.54) is 11.9 Å². The van der Waals surface area contributed by atoms with Gasteiger partial charge in [0.1, 0.15) is 0 Å². The molecule has 6 heteroatoms. The molecule has 3 nitrogen and oxygen atoms in total. The second-order valence-corrected chi connectivity index (χ2v) is 3.86. The SMILES string of the molecule is CCC/C=C1\CNCCN1C(=NC)C(F)(F)F. The fourth-order valence-corrected chi connectivity index (χ4v) is 1.78. The molecule has 0 aliphatic carbocycles. The van der Waals surface area contributed by atoms with Gasteiger partial charge in [-0.05, 0) is 6.42 Å². The van der Waals surface area contributed by atoms with Crippen LogP contribution in [0.3, 0.4) is 0 Å². The van der Waals surface area contributed by atoms with Crippen molar-refractivity contribution in [1.29, 1.82) is 0 Å². The molecule has 0 atom stereocenters. The third-order valence-corrected chi connectivity index (χ3v) is 2.55. The molecule has 98 valence electrons. The molecule has 0 saturated carbocycles. The first-order valence-corrected chi connectivity index (χ1v) is 5.72. The third-order valence-electron chi connectivity index (χ3n) is 2.55. The normalized spacial score (nSPS) is 21.1. The Bertz CT molecular complexity index is 308. The maximum absolute atomic E-state index is 12.8. The molecule has 1 heterocycles. The Morgan fingerprint density at radius 2 is 2.24 bits per heavy atom. The van der Waals surface area contributed by atoms with E-state index in [9.17, 15) is 13.2 Å². The molecule has 0 bridgehead atoms. The maximum atomic E-state index is 12.8. The van der Waals surface area contributed by atoms with E-state index < -0.39 is 12.0 Å². The first kappa shape index (κ1) is 14.0. The van der Waals surface area contributed by atoms with Crippen LogP contribution in [0.25, 0.3) is 0 Å². The van der Waals surface area contributed by atoms with Crippen molar-refractivity contribution in [2.45, 2.75) is 25.9 Å². The topological polar surface area (TPSA) is 27.6 Å². The van der Waals surface area contributed by atoms with Crippen LogP contribution >= 0.6 is 0 Å². The number of unbranched alkanes of at least 4 members (excludes halogenated alkanes) is 1. The second kappa shape index (κ2) is 6.05. The number of amidine groups is 1. The van der Waals surface area contributed by atoms with Crippen molar-refractivity contribution in [2.24, 2.45) is 4.99 Å². The fraction of sp³-hybridized carbons (Fsp3) is 0.727. The molecule has 0 radical (unpaired) electrons. The van der Waals surface area contributed by atoms with Gasteiger partial charge in [0.15, 0.2) is 0 Å². The average molecular weight is 249 g/mol. The van der Waals surface area contributed by atoms with Crippen LogP contribution in [0.5, 0.6) is 0 Å². The Morgan fingerprint density at radius 1 is 1.53 bits per heavy atom. The first-order valence-electron chi connectivity index (χ1n) is 5.72. The van der Waals surface area contributed by atoms with Gasteiger partial charge in [0.05, 0.1) is 0 Å². The van der Waals surface area contributed by atoms with Crippen molar-refractivity contribution >= 4 is 5.84 Å². The highest BCUT2D eigenvalue weighted by molar-refractivity contribution is 5.89. The number of hydrogen-bond acceptors (Lipinski definition) is 2. The van der Waals surface area contributed by atoms with E-state index in [4.69, 9.17) is 0 Å². The molecule has 1 N–H and O–H groups in total. The number of alkyl halides is 3. The highest BCUT2D eigenvalue weighted by Crippen LogP contribution is 2.23. The number of nitrogens with zero attached hydrogens (tertiary/aromatic N) is 2. The number of hydrogen-bond donors (Lipinski definition) is 1. The minimum atomic E-state index is -4.39. The summed E-state index contributed by atoms with van der Waals surface area (Å²) in [7, 11) is 1.18. The van der Waals surface area contributed by atoms with E-state index in [-0.39, 0.29) is 0 Å². The standard InChI is InChI=1S/C11H18F3N3/c1-3-4-5-9-8-16-6-7-17(9)10(15-2)11(12,13)14/h5,16H,3-4,6-8H2,1-2H3/b9-5+,15-10?. The number of halogens is 3. The lowest BCUT2D eigenvalue weighted by molar-refractivity contribution is -0.0679. The van der Waals surface area contributed by atoms with Gasteiger partial charge in [-0.2, -0.15) is 13.2 Å². The Hall–Kier alpha value is -1.04. The quantitative estimate of drug-likeness (QED) is 0.600. The summed E-state index contributed by atoms with van der Waals surface area (Å²) < 4.78 is 38.3. The van der Waals surface area contributed by atoms with E-state index in [2.05, 4.69) is 10.3 Å². The summed E-state index contributed by atoms with van der Waals surface area (Å²) in [5.74, 6) is -0.804. The molecule has 1 fully saturated rings. The summed E-state index contributed by atoms with van der Waals surface area (Å²) >= 11 is 0. The fourth-order valence-electron chi connectivity index (χ4n) is 1.78. The van der Waals surface area contributed by atoms with E-state index in [1.54, 1.807) is 0 Å². The molecule has 1 rings (SSSR count). The lowest BCUT2D eigenvalue weighted by Crippen LogP contribution is -2.49. The van der Waals surface area contributed by atoms with Crippen LogP contribution in [0.4, 0.5) is 13.2 Å². The summed E-state index contributed by atoms with van der Waals surface area (Å²) in [6.07, 6.45) is -0.842. The van der Waals surface area contributed by atoms with Crippen molar-refractivity contribution in [3.05, 3.63) is 11.8 Å². The lowest BCUT2D eigenvalue weighted by Gasteiger charge is -2.33. The van der Waals surface area contributed by atoms with Gasteiger partial charge in [0.25, 0.3) is 0 Å². The molecule has 0 aromatic heterocycles. The molecule has 1 saturated heterocycles. The van der Waals surface area contributed by atoms with Crippen LogP contribution in [0.1, 0.15) is 19.8 Å². The molecule has 0 aromatic carbocycles. The van der Waals surface area contributed by atoms with Gasteiger partial charge in [0.2, 0.25) is 5.84 Å². The summed E-state index contributed by atoms with van der Waals surface area (Å²) in [4.78, 5) is 4.66. The van der Waals surface area contributed by atoms with Crippen LogP contribution in [-0.4, -0.2) is 43.6 Å². The Labute approximate surface area is 99.4 Å². The minimum Gasteiger partial charge on any atom is -0.324 e. The zero-order valence-electron chi connectivity index (χ0n) is 10.1. The van der Waals surface area contributed by atoms with Crippen molar-refractivity contribution in [2.75, 3.05) is 26.7 Å². The minimum absolute atomic E-state index is 0.307. The van der Waals surface area contributed by atoms with Crippen LogP contribution in [0.2, 0.25) is 0 Å². The number of aliphatic imine (C=N–C) groups is 1. The van der Waals surface area contributed by atoms with Crippen LogP contribution < -0.4 is 5.32 Å². The molecule has 0 unspecified atom stereocenters. The average Bonchev–Trinajstić information content (AvgIpc) is 2.27. The van der Waals surface area contributed by atoms with E-state index in [0.717, 1.165) is 12.8 Å². The van der Waals surface area contributed by atoms with Crippen molar-refractivity contribution in [3.63, 3.8) is 0 Å². The van der Waals surface area contributed by atoms with Gasteiger partial charge >= 0.3 is 6.18 Å². The van der Waals surface area contributed by atoms with E-state index in [0.29, 0.717) is 25.3 Å². The maximum Gasteiger partial charge on any atom is 0.449 e. The first-order chi connectivity index (χ1) is 8.00. The van der Waals surface area contributed by atoms with Gasteiger partial charge in [-0.15, -0.1) is 0 Å². The van der Waals surface area contributed by atoms with Crippen molar-refractivity contribution in [1.82, 2.24) is 10.2 Å². The molecule has 0 aromatic rings. The van der Waals surface area contributed by atoms with Crippen LogP contribution in [0, 0.1) is 0 Å². The summed E-state index contributed by atoms with van der Waals surface area (Å²) in [5.41, 5.74) is 0.663. The zero-order valence-corrected chi connectivity index (χ0v) is 10.1. The summed E-state index contributed by atoms with van der Waals surface area (Å²) in [5, 5.41) is 3.07. The molecular formula is C11H18F3N3. The smallest absolute Gasteiger partial charge is 0.324 e. The van der Waals surface area contributed by atoms with Gasteiger partial charge < -0.3 is 10.2 Å². The highest BCUT2D eigenvalue weighted by Gasteiger charge is 2.40. The van der Waals surface area contributed by atoms with Crippen molar-refractivity contribution in [3.8, 4) is 0 Å². The Balaban J connectivity index is 2.91. The number of piperazine rings is 1. The molecule has 0 spiro atoms. The third kappa shape index (κ3) is 3.73. The molecule has 17 heavy (non-hydrogen) atoms. The molecule has 0 amide bonds.